The number of carbonyl (C=O) groups excluding carboxylic acids is 1. The van der Waals surface area contributed by atoms with Crippen molar-refractivity contribution in [2.24, 2.45) is 0 Å². The largest absolute Gasteiger partial charge is 0.402 e. The molecule has 21 heavy (non-hydrogen) atoms. The van der Waals surface area contributed by atoms with Gasteiger partial charge in [-0.25, -0.2) is 14.8 Å². The number of thiazole rings is 1. The summed E-state index contributed by atoms with van der Waals surface area (Å²) in [5.41, 5.74) is 0.839. The molecule has 0 aliphatic rings. The average Bonchev–Trinajstić information content (AvgIpc) is 3.10. The number of thiophene rings is 1. The standard InChI is InChI=1S/C14H9ClN2O2S2/c1-8-12(19-14(18)10-3-2-6-20-10)17-13(21-8)9-4-5-11(15)16-7-9/h2-7H,1H3. The van der Waals surface area contributed by atoms with Crippen LogP contribution < -0.4 is 4.74 Å². The maximum Gasteiger partial charge on any atom is 0.355 e. The molecule has 0 saturated carbocycles. The minimum Gasteiger partial charge on any atom is -0.402 e. The summed E-state index contributed by atoms with van der Waals surface area (Å²) in [7, 11) is 0. The first-order valence-electron chi connectivity index (χ1n) is 5.98. The van der Waals surface area contributed by atoms with Crippen molar-refractivity contribution in [3.05, 3.63) is 50.7 Å². The Morgan fingerprint density at radius 2 is 2.19 bits per heavy atom. The number of pyridine rings is 1. The Bertz CT molecular complexity index is 767. The third-order valence-corrected chi connectivity index (χ3v) is 4.71. The highest BCUT2D eigenvalue weighted by Gasteiger charge is 2.16. The first-order chi connectivity index (χ1) is 10.1. The zero-order chi connectivity index (χ0) is 14.8. The molecule has 0 N–H and O–H groups in total. The maximum atomic E-state index is 11.9. The quantitative estimate of drug-likeness (QED) is 0.524. The molecule has 106 valence electrons. The smallest absolute Gasteiger partial charge is 0.355 e. The van der Waals surface area contributed by atoms with Gasteiger partial charge in [-0.3, -0.25) is 0 Å². The van der Waals surface area contributed by atoms with E-state index in [0.717, 1.165) is 15.4 Å². The molecule has 3 rings (SSSR count). The summed E-state index contributed by atoms with van der Waals surface area (Å²) < 4.78 is 5.34. The second-order valence-corrected chi connectivity index (χ2v) is 6.65. The van der Waals surface area contributed by atoms with Gasteiger partial charge in [-0.15, -0.1) is 22.7 Å². The van der Waals surface area contributed by atoms with Crippen molar-refractivity contribution in [3.63, 3.8) is 0 Å². The second kappa shape index (κ2) is 5.93. The molecule has 0 aliphatic heterocycles. The van der Waals surface area contributed by atoms with E-state index >= 15 is 0 Å². The number of hydrogen-bond donors (Lipinski definition) is 0. The van der Waals surface area contributed by atoms with Crippen LogP contribution in [0.25, 0.3) is 10.6 Å². The van der Waals surface area contributed by atoms with Crippen molar-refractivity contribution in [1.29, 1.82) is 0 Å². The first kappa shape index (κ1) is 14.2. The van der Waals surface area contributed by atoms with Crippen molar-refractivity contribution in [2.45, 2.75) is 6.92 Å². The molecule has 0 aromatic carbocycles. The third-order valence-electron chi connectivity index (χ3n) is 2.64. The van der Waals surface area contributed by atoms with Crippen LogP contribution in [-0.4, -0.2) is 15.9 Å². The van der Waals surface area contributed by atoms with Gasteiger partial charge in [-0.2, -0.15) is 0 Å². The molecule has 0 aliphatic carbocycles. The maximum absolute atomic E-state index is 11.9. The summed E-state index contributed by atoms with van der Waals surface area (Å²) in [6, 6.07) is 7.06. The van der Waals surface area contributed by atoms with E-state index in [2.05, 4.69) is 9.97 Å². The van der Waals surface area contributed by atoms with Gasteiger partial charge in [-0.1, -0.05) is 17.7 Å². The van der Waals surface area contributed by atoms with Gasteiger partial charge in [0.25, 0.3) is 0 Å². The topological polar surface area (TPSA) is 52.1 Å². The number of carbonyl (C=O) groups is 1. The Balaban J connectivity index is 1.84. The van der Waals surface area contributed by atoms with Gasteiger partial charge >= 0.3 is 5.97 Å². The van der Waals surface area contributed by atoms with E-state index in [4.69, 9.17) is 16.3 Å². The average molecular weight is 337 g/mol. The van der Waals surface area contributed by atoms with Crippen LogP contribution in [0.5, 0.6) is 5.88 Å². The molecule has 4 nitrogen and oxygen atoms in total. The number of halogens is 1. The summed E-state index contributed by atoms with van der Waals surface area (Å²) in [5, 5.41) is 3.00. The lowest BCUT2D eigenvalue weighted by molar-refractivity contribution is 0.0732. The first-order valence-corrected chi connectivity index (χ1v) is 8.06. The molecule has 0 saturated heterocycles. The monoisotopic (exact) mass is 336 g/mol. The molecule has 3 aromatic heterocycles. The number of aromatic nitrogens is 2. The van der Waals surface area contributed by atoms with Gasteiger partial charge in [0.05, 0.1) is 4.88 Å². The van der Waals surface area contributed by atoms with Crippen molar-refractivity contribution < 1.29 is 9.53 Å². The zero-order valence-corrected chi connectivity index (χ0v) is 13.3. The van der Waals surface area contributed by atoms with E-state index in [0.29, 0.717) is 15.9 Å². The summed E-state index contributed by atoms with van der Waals surface area (Å²) >= 11 is 8.55. The van der Waals surface area contributed by atoms with Crippen LogP contribution in [-0.2, 0) is 0 Å². The minimum atomic E-state index is -0.390. The molecular weight excluding hydrogens is 328 g/mol. The van der Waals surface area contributed by atoms with E-state index < -0.39 is 0 Å². The van der Waals surface area contributed by atoms with Gasteiger partial charge in [0.1, 0.15) is 15.0 Å². The Hall–Kier alpha value is -1.76. The second-order valence-electron chi connectivity index (χ2n) is 4.12. The molecule has 0 amide bonds. The van der Waals surface area contributed by atoms with Crippen LogP contribution in [0.2, 0.25) is 5.15 Å². The summed E-state index contributed by atoms with van der Waals surface area (Å²) in [6.07, 6.45) is 1.64. The van der Waals surface area contributed by atoms with E-state index in [1.165, 1.54) is 22.7 Å². The van der Waals surface area contributed by atoms with E-state index in [1.807, 2.05) is 18.4 Å². The molecular formula is C14H9ClN2O2S2. The van der Waals surface area contributed by atoms with Gasteiger partial charge in [-0.05, 0) is 30.5 Å². The summed E-state index contributed by atoms with van der Waals surface area (Å²) in [6.45, 7) is 1.86. The predicted molar refractivity (Wildman–Crippen MR) is 84.4 cm³/mol. The zero-order valence-electron chi connectivity index (χ0n) is 10.9. The normalized spacial score (nSPS) is 10.6. The van der Waals surface area contributed by atoms with Gasteiger partial charge in [0, 0.05) is 11.8 Å². The van der Waals surface area contributed by atoms with Crippen LogP contribution in [0, 0.1) is 6.92 Å². The van der Waals surface area contributed by atoms with Crippen molar-refractivity contribution in [3.8, 4) is 16.5 Å². The lowest BCUT2D eigenvalue weighted by Crippen LogP contribution is -2.07. The minimum absolute atomic E-state index is 0.336. The summed E-state index contributed by atoms with van der Waals surface area (Å²) in [4.78, 5) is 21.7. The molecule has 3 heterocycles. The van der Waals surface area contributed by atoms with Crippen molar-refractivity contribution >= 4 is 40.2 Å². The molecule has 0 bridgehead atoms. The molecule has 0 atom stereocenters. The number of esters is 1. The van der Waals surface area contributed by atoms with E-state index in [9.17, 15) is 4.79 Å². The number of ether oxygens (including phenoxy) is 1. The number of nitrogens with zero attached hydrogens (tertiary/aromatic N) is 2. The van der Waals surface area contributed by atoms with Crippen LogP contribution in [0.4, 0.5) is 0 Å². The van der Waals surface area contributed by atoms with Crippen molar-refractivity contribution in [2.75, 3.05) is 0 Å². The molecule has 0 radical (unpaired) electrons. The molecule has 0 unspecified atom stereocenters. The van der Waals surface area contributed by atoms with Gasteiger partial charge in [0.15, 0.2) is 0 Å². The van der Waals surface area contributed by atoms with Crippen LogP contribution in [0.1, 0.15) is 14.5 Å². The van der Waals surface area contributed by atoms with E-state index in [1.54, 1.807) is 24.4 Å². The Morgan fingerprint density at radius 1 is 1.33 bits per heavy atom. The fraction of sp³-hybridized carbons (Fsp3) is 0.0714. The van der Waals surface area contributed by atoms with Crippen LogP contribution in [0.15, 0.2) is 35.8 Å². The number of aryl methyl sites for hydroxylation is 1. The lowest BCUT2D eigenvalue weighted by Gasteiger charge is -1.99. The summed E-state index contributed by atoms with van der Waals surface area (Å²) in [5.74, 6) is -0.0532. The highest BCUT2D eigenvalue weighted by molar-refractivity contribution is 7.15. The Morgan fingerprint density at radius 3 is 2.86 bits per heavy atom. The fourth-order valence-electron chi connectivity index (χ4n) is 1.64. The Kier molecular flexibility index (Phi) is 4.01. The van der Waals surface area contributed by atoms with Gasteiger partial charge in [0.2, 0.25) is 5.88 Å². The third kappa shape index (κ3) is 3.12. The van der Waals surface area contributed by atoms with E-state index in [-0.39, 0.29) is 5.97 Å². The van der Waals surface area contributed by atoms with Crippen molar-refractivity contribution in [1.82, 2.24) is 9.97 Å². The lowest BCUT2D eigenvalue weighted by atomic mass is 10.3. The highest BCUT2D eigenvalue weighted by atomic mass is 35.5. The SMILES string of the molecule is Cc1sc(-c2ccc(Cl)nc2)nc1OC(=O)c1cccs1. The number of hydrogen-bond acceptors (Lipinski definition) is 6. The predicted octanol–water partition coefficient (Wildman–Crippen LogP) is 4.45. The molecule has 3 aromatic rings. The van der Waals surface area contributed by atoms with Gasteiger partial charge < -0.3 is 4.74 Å². The Labute approximate surface area is 134 Å². The van der Waals surface area contributed by atoms with Crippen LogP contribution in [0.3, 0.4) is 0 Å². The molecule has 0 fully saturated rings. The van der Waals surface area contributed by atoms with Crippen LogP contribution >= 0.6 is 34.3 Å². The molecule has 7 heteroatoms. The highest BCUT2D eigenvalue weighted by Crippen LogP contribution is 2.32. The number of rotatable bonds is 3. The molecule has 0 spiro atoms. The fourth-order valence-corrected chi connectivity index (χ4v) is 3.18.